The standard InChI is InChI=1S/C10H15N3O2/c1-7-9(5-11-12-7)10(15)13-4-2-3-8(13)6-14/h5,8,14H,2-4,6H2,1H3,(H,11,12)/t8-/m1/s1. The molecule has 1 fully saturated rings. The highest BCUT2D eigenvalue weighted by atomic mass is 16.3. The van der Waals surface area contributed by atoms with Crippen LogP contribution >= 0.6 is 0 Å². The number of carbonyl (C=O) groups is 1. The lowest BCUT2D eigenvalue weighted by molar-refractivity contribution is 0.0677. The van der Waals surface area contributed by atoms with E-state index in [0.717, 1.165) is 25.1 Å². The molecule has 0 unspecified atom stereocenters. The lowest BCUT2D eigenvalue weighted by atomic mass is 10.2. The number of aryl methyl sites for hydroxylation is 1. The van der Waals surface area contributed by atoms with Crippen LogP contribution in [0.2, 0.25) is 0 Å². The third kappa shape index (κ3) is 1.74. The molecule has 1 aliphatic heterocycles. The molecule has 2 heterocycles. The number of H-pyrrole nitrogens is 1. The Labute approximate surface area is 88.1 Å². The molecular weight excluding hydrogens is 194 g/mol. The van der Waals surface area contributed by atoms with Gasteiger partial charge < -0.3 is 10.0 Å². The molecule has 5 heteroatoms. The number of carbonyl (C=O) groups excluding carboxylic acids is 1. The van der Waals surface area contributed by atoms with E-state index in [1.54, 1.807) is 11.1 Å². The van der Waals surface area contributed by atoms with Crippen LogP contribution in [0, 0.1) is 6.92 Å². The molecule has 1 amide bonds. The summed E-state index contributed by atoms with van der Waals surface area (Å²) < 4.78 is 0. The maximum atomic E-state index is 12.1. The fourth-order valence-electron chi connectivity index (χ4n) is 2.01. The van der Waals surface area contributed by atoms with E-state index in [0.29, 0.717) is 5.56 Å². The number of nitrogens with one attached hydrogen (secondary N) is 1. The normalized spacial score (nSPS) is 20.9. The molecule has 0 aromatic carbocycles. The first-order valence-electron chi connectivity index (χ1n) is 5.16. The third-order valence-corrected chi connectivity index (χ3v) is 2.91. The number of aromatic amines is 1. The van der Waals surface area contributed by atoms with Gasteiger partial charge in [0.2, 0.25) is 0 Å². The zero-order valence-corrected chi connectivity index (χ0v) is 8.73. The quantitative estimate of drug-likeness (QED) is 0.736. The molecule has 0 saturated carbocycles. The van der Waals surface area contributed by atoms with Crippen LogP contribution in [0.4, 0.5) is 0 Å². The topological polar surface area (TPSA) is 69.2 Å². The van der Waals surface area contributed by atoms with Gasteiger partial charge in [0.15, 0.2) is 0 Å². The Hall–Kier alpha value is -1.36. The molecule has 0 aliphatic carbocycles. The first-order chi connectivity index (χ1) is 7.24. The molecule has 0 bridgehead atoms. The van der Waals surface area contributed by atoms with Gasteiger partial charge in [-0.15, -0.1) is 0 Å². The van der Waals surface area contributed by atoms with Crippen LogP contribution in [0.3, 0.4) is 0 Å². The predicted octanol–water partition coefficient (Wildman–Crippen LogP) is 0.315. The van der Waals surface area contributed by atoms with Gasteiger partial charge in [-0.3, -0.25) is 9.89 Å². The fourth-order valence-corrected chi connectivity index (χ4v) is 2.01. The summed E-state index contributed by atoms with van der Waals surface area (Å²) >= 11 is 0. The SMILES string of the molecule is Cc1[nH]ncc1C(=O)N1CCC[C@@H]1CO. The van der Waals surface area contributed by atoms with Crippen molar-refractivity contribution in [1.29, 1.82) is 0 Å². The second-order valence-electron chi connectivity index (χ2n) is 3.89. The monoisotopic (exact) mass is 209 g/mol. The van der Waals surface area contributed by atoms with Crippen LogP contribution in [-0.2, 0) is 0 Å². The first kappa shape index (κ1) is 10.2. The maximum absolute atomic E-state index is 12.1. The molecular formula is C10H15N3O2. The van der Waals surface area contributed by atoms with E-state index in [1.165, 1.54) is 0 Å². The summed E-state index contributed by atoms with van der Waals surface area (Å²) in [6, 6.07) is -0.0215. The van der Waals surface area contributed by atoms with Crippen LogP contribution < -0.4 is 0 Å². The molecule has 0 radical (unpaired) electrons. The molecule has 1 aromatic heterocycles. The second kappa shape index (κ2) is 4.02. The van der Waals surface area contributed by atoms with E-state index in [1.807, 2.05) is 6.92 Å². The van der Waals surface area contributed by atoms with Gasteiger partial charge in [-0.1, -0.05) is 0 Å². The molecule has 82 valence electrons. The first-order valence-corrected chi connectivity index (χ1v) is 5.16. The van der Waals surface area contributed by atoms with Gasteiger partial charge in [0.05, 0.1) is 24.4 Å². The fraction of sp³-hybridized carbons (Fsp3) is 0.600. The van der Waals surface area contributed by atoms with E-state index in [2.05, 4.69) is 10.2 Å². The van der Waals surface area contributed by atoms with E-state index in [4.69, 9.17) is 5.11 Å². The van der Waals surface area contributed by atoms with E-state index in [-0.39, 0.29) is 18.6 Å². The van der Waals surface area contributed by atoms with Crippen molar-refractivity contribution >= 4 is 5.91 Å². The van der Waals surface area contributed by atoms with Crippen LogP contribution in [-0.4, -0.2) is 45.3 Å². The van der Waals surface area contributed by atoms with Crippen molar-refractivity contribution in [2.75, 3.05) is 13.2 Å². The highest BCUT2D eigenvalue weighted by Gasteiger charge is 2.29. The van der Waals surface area contributed by atoms with Crippen molar-refractivity contribution in [2.45, 2.75) is 25.8 Å². The lowest BCUT2D eigenvalue weighted by Crippen LogP contribution is -2.37. The van der Waals surface area contributed by atoms with Gasteiger partial charge in [-0.05, 0) is 19.8 Å². The number of hydrogen-bond donors (Lipinski definition) is 2. The Morgan fingerprint density at radius 2 is 2.60 bits per heavy atom. The number of aliphatic hydroxyl groups is 1. The number of hydrogen-bond acceptors (Lipinski definition) is 3. The number of rotatable bonds is 2. The summed E-state index contributed by atoms with van der Waals surface area (Å²) in [5.74, 6) is -0.0298. The van der Waals surface area contributed by atoms with Gasteiger partial charge >= 0.3 is 0 Å². The maximum Gasteiger partial charge on any atom is 0.257 e. The molecule has 15 heavy (non-hydrogen) atoms. The van der Waals surface area contributed by atoms with Crippen molar-refractivity contribution < 1.29 is 9.90 Å². The number of likely N-dealkylation sites (tertiary alicyclic amines) is 1. The number of aliphatic hydroxyl groups excluding tert-OH is 1. The van der Waals surface area contributed by atoms with Crippen molar-refractivity contribution in [1.82, 2.24) is 15.1 Å². The van der Waals surface area contributed by atoms with Crippen LogP contribution in [0.1, 0.15) is 28.9 Å². The van der Waals surface area contributed by atoms with Crippen molar-refractivity contribution in [2.24, 2.45) is 0 Å². The summed E-state index contributed by atoms with van der Waals surface area (Å²) in [6.45, 7) is 2.60. The Kier molecular flexibility index (Phi) is 2.73. The third-order valence-electron chi connectivity index (χ3n) is 2.91. The Bertz CT molecular complexity index is 361. The molecule has 2 N–H and O–H groups in total. The minimum absolute atomic E-state index is 0.0215. The molecule has 1 aliphatic rings. The van der Waals surface area contributed by atoms with Gasteiger partial charge in [0.1, 0.15) is 0 Å². The van der Waals surface area contributed by atoms with E-state index >= 15 is 0 Å². The summed E-state index contributed by atoms with van der Waals surface area (Å²) in [5, 5.41) is 15.7. The predicted molar refractivity (Wildman–Crippen MR) is 54.5 cm³/mol. The number of aromatic nitrogens is 2. The molecule has 0 spiro atoms. The van der Waals surface area contributed by atoms with Gasteiger partial charge in [0, 0.05) is 12.2 Å². The highest BCUT2D eigenvalue weighted by molar-refractivity contribution is 5.95. The lowest BCUT2D eigenvalue weighted by Gasteiger charge is -2.22. The zero-order chi connectivity index (χ0) is 10.8. The Balaban J connectivity index is 2.18. The van der Waals surface area contributed by atoms with Gasteiger partial charge in [-0.25, -0.2) is 0 Å². The van der Waals surface area contributed by atoms with Gasteiger partial charge in [0.25, 0.3) is 5.91 Å². The van der Waals surface area contributed by atoms with Crippen LogP contribution in [0.15, 0.2) is 6.20 Å². The van der Waals surface area contributed by atoms with Crippen LogP contribution in [0.25, 0.3) is 0 Å². The number of amides is 1. The molecule has 2 rings (SSSR count). The average molecular weight is 209 g/mol. The molecule has 1 atom stereocenters. The molecule has 5 nitrogen and oxygen atoms in total. The minimum Gasteiger partial charge on any atom is -0.394 e. The largest absolute Gasteiger partial charge is 0.394 e. The van der Waals surface area contributed by atoms with Crippen molar-refractivity contribution in [3.8, 4) is 0 Å². The zero-order valence-electron chi connectivity index (χ0n) is 8.73. The van der Waals surface area contributed by atoms with Crippen molar-refractivity contribution in [3.05, 3.63) is 17.5 Å². The van der Waals surface area contributed by atoms with Gasteiger partial charge in [-0.2, -0.15) is 5.10 Å². The Morgan fingerprint density at radius 1 is 1.80 bits per heavy atom. The summed E-state index contributed by atoms with van der Waals surface area (Å²) in [6.07, 6.45) is 3.40. The van der Waals surface area contributed by atoms with Crippen LogP contribution in [0.5, 0.6) is 0 Å². The van der Waals surface area contributed by atoms with E-state index < -0.39 is 0 Å². The average Bonchev–Trinajstić information content (AvgIpc) is 2.84. The summed E-state index contributed by atoms with van der Waals surface area (Å²) in [7, 11) is 0. The smallest absolute Gasteiger partial charge is 0.257 e. The highest BCUT2D eigenvalue weighted by Crippen LogP contribution is 2.20. The van der Waals surface area contributed by atoms with E-state index in [9.17, 15) is 4.79 Å². The molecule has 1 aromatic rings. The Morgan fingerprint density at radius 3 is 3.20 bits per heavy atom. The van der Waals surface area contributed by atoms with Crippen molar-refractivity contribution in [3.63, 3.8) is 0 Å². The summed E-state index contributed by atoms with van der Waals surface area (Å²) in [5.41, 5.74) is 1.39. The second-order valence-corrected chi connectivity index (χ2v) is 3.89. The minimum atomic E-state index is -0.0298. The molecule has 1 saturated heterocycles. The summed E-state index contributed by atoms with van der Waals surface area (Å²) in [4.78, 5) is 13.8. The number of nitrogens with zero attached hydrogens (tertiary/aromatic N) is 2.